The molecule has 1 unspecified atom stereocenters. The van der Waals surface area contributed by atoms with Crippen LogP contribution < -0.4 is 0 Å². The van der Waals surface area contributed by atoms with Gasteiger partial charge in [0.25, 0.3) is 0 Å². The van der Waals surface area contributed by atoms with E-state index in [-0.39, 0.29) is 0 Å². The number of allylic oxidation sites excluding steroid dienone is 3. The Labute approximate surface area is 126 Å². The first kappa shape index (κ1) is 18.9. The minimum atomic E-state index is 0.576. The Morgan fingerprint density at radius 3 is 2.10 bits per heavy atom. The van der Waals surface area contributed by atoms with E-state index in [1.54, 1.807) is 6.20 Å². The summed E-state index contributed by atoms with van der Waals surface area (Å²) in [6, 6.07) is 0. The molecule has 0 aromatic heterocycles. The van der Waals surface area contributed by atoms with E-state index in [4.69, 9.17) is 0 Å². The Morgan fingerprint density at radius 1 is 0.950 bits per heavy atom. The summed E-state index contributed by atoms with van der Waals surface area (Å²) in [5.74, 6) is 0.576. The zero-order valence-electron chi connectivity index (χ0n) is 13.6. The average Bonchev–Trinajstić information content (AvgIpc) is 2.46. The van der Waals surface area contributed by atoms with Crippen molar-refractivity contribution in [2.75, 3.05) is 0 Å². The molecule has 0 aromatic carbocycles. The van der Waals surface area contributed by atoms with Crippen LogP contribution in [-0.2, 0) is 0 Å². The van der Waals surface area contributed by atoms with Gasteiger partial charge >= 0.3 is 0 Å². The predicted molar refractivity (Wildman–Crippen MR) is 93.4 cm³/mol. The molecule has 0 saturated heterocycles. The number of hydrogen-bond donors (Lipinski definition) is 0. The van der Waals surface area contributed by atoms with Crippen LogP contribution in [0.15, 0.2) is 42.6 Å². The number of nitrogens with zero attached hydrogens (tertiary/aromatic N) is 1. The maximum atomic E-state index is 4.49. The number of unbranched alkanes of at least 4 members (excludes halogenated alkanes) is 5. The van der Waals surface area contributed by atoms with Crippen LogP contribution in [0.25, 0.3) is 0 Å². The standard InChI is InChI=1S/C19H33N/c1-5-9-12-14-16-18(15-13-10-6-2)19(20-8-4)17-11-7-3/h7-8,11,17-18H,3-6,9-10,12-16H2,1-2H3/b17-11-,20-19?. The van der Waals surface area contributed by atoms with Crippen LogP contribution in [0.5, 0.6) is 0 Å². The highest BCUT2D eigenvalue weighted by Crippen LogP contribution is 2.20. The summed E-state index contributed by atoms with van der Waals surface area (Å²) >= 11 is 0. The molecule has 20 heavy (non-hydrogen) atoms. The van der Waals surface area contributed by atoms with Gasteiger partial charge in [-0.15, -0.1) is 0 Å². The number of rotatable bonds is 13. The van der Waals surface area contributed by atoms with Crippen LogP contribution in [-0.4, -0.2) is 5.71 Å². The number of aliphatic imine (C=N–C) groups is 1. The molecule has 0 aliphatic heterocycles. The van der Waals surface area contributed by atoms with Gasteiger partial charge in [-0.05, 0) is 18.9 Å². The average molecular weight is 275 g/mol. The molecule has 0 amide bonds. The van der Waals surface area contributed by atoms with Crippen molar-refractivity contribution in [3.05, 3.63) is 37.6 Å². The fraction of sp³-hybridized carbons (Fsp3) is 0.632. The van der Waals surface area contributed by atoms with E-state index in [0.717, 1.165) is 0 Å². The Bertz CT molecular complexity index is 299. The molecule has 1 heteroatoms. The molecule has 0 aliphatic carbocycles. The third-order valence-electron chi connectivity index (χ3n) is 3.62. The molecule has 1 nitrogen and oxygen atoms in total. The van der Waals surface area contributed by atoms with Gasteiger partial charge in [0.15, 0.2) is 0 Å². The minimum absolute atomic E-state index is 0.576. The summed E-state index contributed by atoms with van der Waals surface area (Å²) in [7, 11) is 0. The van der Waals surface area contributed by atoms with Crippen LogP contribution in [0.1, 0.15) is 71.6 Å². The molecule has 0 rings (SSSR count). The summed E-state index contributed by atoms with van der Waals surface area (Å²) in [4.78, 5) is 4.49. The normalized spacial score (nSPS) is 13.6. The van der Waals surface area contributed by atoms with Crippen LogP contribution in [0.2, 0.25) is 0 Å². The van der Waals surface area contributed by atoms with Crippen molar-refractivity contribution in [3.8, 4) is 0 Å². The van der Waals surface area contributed by atoms with Gasteiger partial charge in [-0.3, -0.25) is 4.99 Å². The molecule has 114 valence electrons. The van der Waals surface area contributed by atoms with Gasteiger partial charge in [0, 0.05) is 17.8 Å². The van der Waals surface area contributed by atoms with Crippen molar-refractivity contribution in [1.82, 2.24) is 0 Å². The van der Waals surface area contributed by atoms with E-state index in [1.165, 1.54) is 63.5 Å². The highest BCUT2D eigenvalue weighted by Gasteiger charge is 2.13. The van der Waals surface area contributed by atoms with Crippen molar-refractivity contribution in [1.29, 1.82) is 0 Å². The lowest BCUT2D eigenvalue weighted by Gasteiger charge is -2.17. The third kappa shape index (κ3) is 9.77. The van der Waals surface area contributed by atoms with E-state index in [0.29, 0.717) is 5.92 Å². The zero-order valence-corrected chi connectivity index (χ0v) is 13.6. The van der Waals surface area contributed by atoms with Gasteiger partial charge in [0.1, 0.15) is 0 Å². The van der Waals surface area contributed by atoms with E-state index in [2.05, 4.69) is 38.1 Å². The molecule has 0 bridgehead atoms. The third-order valence-corrected chi connectivity index (χ3v) is 3.62. The quantitative estimate of drug-likeness (QED) is 0.207. The second-order valence-corrected chi connectivity index (χ2v) is 5.37. The molecule has 1 atom stereocenters. The van der Waals surface area contributed by atoms with E-state index in [9.17, 15) is 0 Å². The Balaban J connectivity index is 4.57. The van der Waals surface area contributed by atoms with Gasteiger partial charge in [-0.25, -0.2) is 0 Å². The van der Waals surface area contributed by atoms with Crippen LogP contribution in [0, 0.1) is 5.92 Å². The van der Waals surface area contributed by atoms with Crippen LogP contribution in [0.4, 0.5) is 0 Å². The fourth-order valence-electron chi connectivity index (χ4n) is 2.45. The van der Waals surface area contributed by atoms with Gasteiger partial charge in [-0.2, -0.15) is 0 Å². The van der Waals surface area contributed by atoms with Crippen molar-refractivity contribution in [3.63, 3.8) is 0 Å². The largest absolute Gasteiger partial charge is 0.262 e. The van der Waals surface area contributed by atoms with E-state index >= 15 is 0 Å². The molecule has 0 heterocycles. The molecule has 0 saturated carbocycles. The summed E-state index contributed by atoms with van der Waals surface area (Å²) in [5, 5.41) is 0. The molecule has 0 N–H and O–H groups in total. The topological polar surface area (TPSA) is 12.4 Å². The van der Waals surface area contributed by atoms with E-state index < -0.39 is 0 Å². The summed E-state index contributed by atoms with van der Waals surface area (Å²) < 4.78 is 0. The van der Waals surface area contributed by atoms with E-state index in [1.807, 2.05) is 12.2 Å². The fourth-order valence-corrected chi connectivity index (χ4v) is 2.45. The minimum Gasteiger partial charge on any atom is -0.262 e. The second-order valence-electron chi connectivity index (χ2n) is 5.37. The monoisotopic (exact) mass is 275 g/mol. The van der Waals surface area contributed by atoms with Crippen LogP contribution in [0.3, 0.4) is 0 Å². The van der Waals surface area contributed by atoms with Gasteiger partial charge in [0.2, 0.25) is 0 Å². The van der Waals surface area contributed by atoms with Crippen molar-refractivity contribution in [2.45, 2.75) is 71.6 Å². The highest BCUT2D eigenvalue weighted by atomic mass is 14.7. The lowest BCUT2D eigenvalue weighted by Crippen LogP contribution is -2.12. The summed E-state index contributed by atoms with van der Waals surface area (Å²) in [6.07, 6.45) is 19.3. The zero-order chi connectivity index (χ0) is 15.1. The molecule has 0 aromatic rings. The molecule has 0 fully saturated rings. The lowest BCUT2D eigenvalue weighted by molar-refractivity contribution is 0.499. The van der Waals surface area contributed by atoms with Crippen molar-refractivity contribution in [2.24, 2.45) is 10.9 Å². The Kier molecular flexibility index (Phi) is 13.5. The smallest absolute Gasteiger partial charge is 0.0434 e. The first-order valence-electron chi connectivity index (χ1n) is 8.27. The highest BCUT2D eigenvalue weighted by molar-refractivity contribution is 5.97. The first-order valence-corrected chi connectivity index (χ1v) is 8.27. The molecular weight excluding hydrogens is 242 g/mol. The SMILES string of the molecule is C=C/C=C\C(=NC=C)C(CCCCC)CCCCCC. The van der Waals surface area contributed by atoms with Crippen molar-refractivity contribution < 1.29 is 0 Å². The molecule has 0 radical (unpaired) electrons. The molecule has 0 aliphatic rings. The first-order chi connectivity index (χ1) is 9.79. The summed E-state index contributed by atoms with van der Waals surface area (Å²) in [6.45, 7) is 12.0. The van der Waals surface area contributed by atoms with Gasteiger partial charge < -0.3 is 0 Å². The Morgan fingerprint density at radius 2 is 1.55 bits per heavy atom. The second kappa shape index (κ2) is 14.3. The summed E-state index contributed by atoms with van der Waals surface area (Å²) in [5.41, 5.74) is 1.17. The Hall–Kier alpha value is -1.11. The molecular formula is C19H33N. The van der Waals surface area contributed by atoms with Crippen LogP contribution >= 0.6 is 0 Å². The van der Waals surface area contributed by atoms with Crippen molar-refractivity contribution >= 4 is 5.71 Å². The lowest BCUT2D eigenvalue weighted by atomic mass is 9.90. The molecule has 0 spiro atoms. The maximum Gasteiger partial charge on any atom is 0.0434 e. The van der Waals surface area contributed by atoms with Gasteiger partial charge in [0.05, 0.1) is 0 Å². The number of hydrogen-bond acceptors (Lipinski definition) is 1. The van der Waals surface area contributed by atoms with Gasteiger partial charge in [-0.1, -0.05) is 84.1 Å². The maximum absolute atomic E-state index is 4.49. The predicted octanol–water partition coefficient (Wildman–Crippen LogP) is 6.48.